The van der Waals surface area contributed by atoms with Gasteiger partial charge in [-0.05, 0) is 31.7 Å². The largest absolute Gasteiger partial charge is 0.339 e. The molecule has 2 saturated heterocycles. The highest BCUT2D eigenvalue weighted by Crippen LogP contribution is 2.39. The van der Waals surface area contributed by atoms with Crippen LogP contribution >= 0.6 is 0 Å². The number of aromatic nitrogens is 2. The lowest BCUT2D eigenvalue weighted by molar-refractivity contribution is 0.327. The maximum absolute atomic E-state index is 5.50. The van der Waals surface area contributed by atoms with Crippen LogP contribution in [0, 0.1) is 6.92 Å². The molecule has 1 aromatic heterocycles. The van der Waals surface area contributed by atoms with E-state index in [9.17, 15) is 0 Å². The van der Waals surface area contributed by atoms with Gasteiger partial charge in [0.25, 0.3) is 0 Å². The van der Waals surface area contributed by atoms with Crippen LogP contribution in [-0.2, 0) is 6.42 Å². The van der Waals surface area contributed by atoms with Crippen LogP contribution in [-0.4, -0.2) is 22.2 Å². The molecule has 2 aliphatic rings. The summed E-state index contributed by atoms with van der Waals surface area (Å²) in [6, 6.07) is 9.68. The van der Waals surface area contributed by atoms with Gasteiger partial charge in [0.2, 0.25) is 5.89 Å². The maximum atomic E-state index is 5.50. The quantitative estimate of drug-likeness (QED) is 0.930. The number of nitrogens with one attached hydrogen (secondary N) is 1. The number of hydrogen-bond donors (Lipinski definition) is 1. The van der Waals surface area contributed by atoms with Crippen molar-refractivity contribution in [1.29, 1.82) is 0 Å². The Morgan fingerprint density at radius 2 is 2.30 bits per heavy atom. The molecule has 104 valence electrons. The highest BCUT2D eigenvalue weighted by Gasteiger charge is 2.42. The summed E-state index contributed by atoms with van der Waals surface area (Å²) < 4.78 is 5.50. The Balaban J connectivity index is 1.51. The van der Waals surface area contributed by atoms with E-state index >= 15 is 0 Å². The van der Waals surface area contributed by atoms with Crippen molar-refractivity contribution in [2.45, 2.75) is 50.6 Å². The van der Waals surface area contributed by atoms with Gasteiger partial charge in [-0.1, -0.05) is 35.0 Å². The third kappa shape index (κ3) is 2.14. The van der Waals surface area contributed by atoms with Crippen LogP contribution in [0.3, 0.4) is 0 Å². The molecule has 3 atom stereocenters. The first-order valence-electron chi connectivity index (χ1n) is 7.42. The van der Waals surface area contributed by atoms with Crippen LogP contribution in [0.5, 0.6) is 0 Å². The van der Waals surface area contributed by atoms with Crippen LogP contribution in [0.2, 0.25) is 0 Å². The van der Waals surface area contributed by atoms with Crippen molar-refractivity contribution < 1.29 is 4.52 Å². The lowest BCUT2D eigenvalue weighted by Crippen LogP contribution is -2.21. The van der Waals surface area contributed by atoms with Crippen LogP contribution in [0.15, 0.2) is 28.8 Å². The van der Waals surface area contributed by atoms with Crippen molar-refractivity contribution in [1.82, 2.24) is 15.5 Å². The van der Waals surface area contributed by atoms with E-state index in [1.807, 2.05) is 0 Å². The fourth-order valence-electron chi connectivity index (χ4n) is 3.59. The molecule has 20 heavy (non-hydrogen) atoms. The zero-order chi connectivity index (χ0) is 13.5. The minimum absolute atomic E-state index is 0.424. The van der Waals surface area contributed by atoms with Crippen molar-refractivity contribution >= 4 is 0 Å². The van der Waals surface area contributed by atoms with Gasteiger partial charge in [0.15, 0.2) is 5.82 Å². The van der Waals surface area contributed by atoms with Crippen molar-refractivity contribution in [3.63, 3.8) is 0 Å². The summed E-state index contributed by atoms with van der Waals surface area (Å²) >= 11 is 0. The summed E-state index contributed by atoms with van der Waals surface area (Å²) in [5.74, 6) is 2.05. The first-order chi connectivity index (χ1) is 9.78. The third-order valence-corrected chi connectivity index (χ3v) is 4.55. The van der Waals surface area contributed by atoms with Gasteiger partial charge in [-0.2, -0.15) is 4.98 Å². The van der Waals surface area contributed by atoms with Crippen LogP contribution in [0.1, 0.15) is 48.0 Å². The molecule has 4 rings (SSSR count). The summed E-state index contributed by atoms with van der Waals surface area (Å²) in [6.45, 7) is 2.10. The Morgan fingerprint density at radius 3 is 3.05 bits per heavy atom. The van der Waals surface area contributed by atoms with Gasteiger partial charge in [-0.15, -0.1) is 0 Å². The molecule has 3 unspecified atom stereocenters. The average Bonchev–Trinajstić information content (AvgIpc) is 3.13. The molecule has 2 fully saturated rings. The van der Waals surface area contributed by atoms with E-state index in [1.165, 1.54) is 24.0 Å². The molecule has 0 saturated carbocycles. The Labute approximate surface area is 118 Å². The van der Waals surface area contributed by atoms with Gasteiger partial charge < -0.3 is 9.84 Å². The highest BCUT2D eigenvalue weighted by atomic mass is 16.5. The van der Waals surface area contributed by atoms with Crippen molar-refractivity contribution in [3.05, 3.63) is 47.1 Å². The van der Waals surface area contributed by atoms with Gasteiger partial charge in [0.1, 0.15) is 0 Å². The molecule has 1 aromatic carbocycles. The van der Waals surface area contributed by atoms with Crippen LogP contribution in [0.25, 0.3) is 0 Å². The molecular formula is C16H19N3O. The highest BCUT2D eigenvalue weighted by molar-refractivity contribution is 5.24. The lowest BCUT2D eigenvalue weighted by atomic mass is 9.89. The molecule has 4 nitrogen and oxygen atoms in total. The Hall–Kier alpha value is -1.68. The molecule has 2 aromatic rings. The molecule has 0 amide bonds. The summed E-state index contributed by atoms with van der Waals surface area (Å²) in [6.07, 6.45) is 4.44. The summed E-state index contributed by atoms with van der Waals surface area (Å²) in [7, 11) is 0. The third-order valence-electron chi connectivity index (χ3n) is 4.55. The number of fused-ring (bicyclic) bond motifs is 2. The molecular weight excluding hydrogens is 250 g/mol. The summed E-state index contributed by atoms with van der Waals surface area (Å²) in [4.78, 5) is 4.62. The second kappa shape index (κ2) is 4.70. The summed E-state index contributed by atoms with van der Waals surface area (Å²) in [5, 5.41) is 7.77. The Morgan fingerprint density at radius 1 is 1.35 bits per heavy atom. The second-order valence-corrected chi connectivity index (χ2v) is 6.10. The number of benzene rings is 1. The Kier molecular flexibility index (Phi) is 2.84. The predicted octanol–water partition coefficient (Wildman–Crippen LogP) is 2.58. The van der Waals surface area contributed by atoms with Crippen LogP contribution < -0.4 is 5.32 Å². The minimum Gasteiger partial charge on any atom is -0.339 e. The maximum Gasteiger partial charge on any atom is 0.231 e. The molecule has 0 radical (unpaired) electrons. The molecule has 4 heteroatoms. The summed E-state index contributed by atoms with van der Waals surface area (Å²) in [5.41, 5.74) is 2.51. The number of aryl methyl sites for hydroxylation is 1. The van der Waals surface area contributed by atoms with E-state index in [-0.39, 0.29) is 0 Å². The second-order valence-electron chi connectivity index (χ2n) is 6.10. The zero-order valence-corrected chi connectivity index (χ0v) is 11.7. The smallest absolute Gasteiger partial charge is 0.231 e. The molecule has 1 N–H and O–H groups in total. The number of rotatable bonds is 3. The van der Waals surface area contributed by atoms with E-state index in [4.69, 9.17) is 4.52 Å². The van der Waals surface area contributed by atoms with E-state index < -0.39 is 0 Å². The van der Waals surface area contributed by atoms with Crippen molar-refractivity contribution in [3.8, 4) is 0 Å². The molecule has 0 aliphatic carbocycles. The van der Waals surface area contributed by atoms with Crippen molar-refractivity contribution in [2.24, 2.45) is 0 Å². The molecule has 2 bridgehead atoms. The first kappa shape index (κ1) is 12.1. The van der Waals surface area contributed by atoms with E-state index in [1.54, 1.807) is 0 Å². The number of nitrogens with zero attached hydrogens (tertiary/aromatic N) is 2. The van der Waals surface area contributed by atoms with Gasteiger partial charge >= 0.3 is 0 Å². The number of hydrogen-bond acceptors (Lipinski definition) is 4. The van der Waals surface area contributed by atoms with Gasteiger partial charge in [0, 0.05) is 18.5 Å². The molecule has 3 heterocycles. The SMILES string of the molecule is Cc1cccc(Cc2noc(C3CC4CCC3N4)n2)c1. The Bertz CT molecular complexity index is 622. The normalized spacial score (nSPS) is 28.1. The fourth-order valence-corrected chi connectivity index (χ4v) is 3.59. The molecule has 2 aliphatic heterocycles. The fraction of sp³-hybridized carbons (Fsp3) is 0.500. The van der Waals surface area contributed by atoms with Gasteiger partial charge in [0.05, 0.1) is 5.92 Å². The topological polar surface area (TPSA) is 51.0 Å². The predicted molar refractivity (Wildman–Crippen MR) is 75.6 cm³/mol. The standard InChI is InChI=1S/C16H19N3O/c1-10-3-2-4-11(7-10)8-15-18-16(20-19-15)13-9-12-5-6-14(13)17-12/h2-4,7,12-14,17H,5-6,8-9H2,1H3. The first-order valence-corrected chi connectivity index (χ1v) is 7.42. The zero-order valence-electron chi connectivity index (χ0n) is 11.7. The monoisotopic (exact) mass is 269 g/mol. The van der Waals surface area contributed by atoms with E-state index in [0.717, 1.165) is 24.6 Å². The minimum atomic E-state index is 0.424. The average molecular weight is 269 g/mol. The van der Waals surface area contributed by atoms with Crippen LogP contribution in [0.4, 0.5) is 0 Å². The lowest BCUT2D eigenvalue weighted by Gasteiger charge is -2.15. The van der Waals surface area contributed by atoms with Crippen molar-refractivity contribution in [2.75, 3.05) is 0 Å². The van der Waals surface area contributed by atoms with E-state index in [2.05, 4.69) is 46.6 Å². The van der Waals surface area contributed by atoms with E-state index in [0.29, 0.717) is 18.0 Å². The van der Waals surface area contributed by atoms with Gasteiger partial charge in [-0.25, -0.2) is 0 Å². The molecule has 0 spiro atoms. The van der Waals surface area contributed by atoms with Gasteiger partial charge in [-0.3, -0.25) is 0 Å².